The molecule has 5 aromatic carbocycles. The molecule has 0 fully saturated rings. The average Bonchev–Trinajstić information content (AvgIpc) is 3.02. The number of Topliss-reactive ketones (excluding diaryl/α,β-unsaturated/α-hetero) is 1. The van der Waals surface area contributed by atoms with Crippen LogP contribution in [0.15, 0.2) is 157 Å². The Morgan fingerprint density at radius 3 is 1.28 bits per heavy atom. The van der Waals surface area contributed by atoms with Crippen molar-refractivity contribution >= 4 is 46.1 Å². The topological polar surface area (TPSA) is 55.7 Å². The second-order valence-electron chi connectivity index (χ2n) is 8.77. The molecule has 0 aliphatic heterocycles. The van der Waals surface area contributed by atoms with Crippen molar-refractivity contribution in [3.8, 4) is 0 Å². The quantitative estimate of drug-likeness (QED) is 0.0867. The molecule has 0 bridgehead atoms. The van der Waals surface area contributed by atoms with Crippen molar-refractivity contribution in [1.29, 1.82) is 0 Å². The fraction of sp³-hybridized carbons (Fsp3) is 0. The van der Waals surface area contributed by atoms with Crippen LogP contribution in [-0.2, 0) is 9.63 Å². The number of hydrogen-bond acceptors (Lipinski definition) is 4. The number of ketones is 1. The molecule has 0 radical (unpaired) electrons. The van der Waals surface area contributed by atoms with Crippen LogP contribution >= 0.6 is 6.89 Å². The summed E-state index contributed by atoms with van der Waals surface area (Å²) in [4.78, 5) is 32.5. The summed E-state index contributed by atoms with van der Waals surface area (Å²) in [6, 6.07) is 47.8. The van der Waals surface area contributed by atoms with Gasteiger partial charge in [0.15, 0.2) is 5.71 Å². The second kappa shape index (κ2) is 12.2. The van der Waals surface area contributed by atoms with E-state index >= 15 is 0 Å². The van der Waals surface area contributed by atoms with Crippen molar-refractivity contribution in [2.45, 2.75) is 0 Å². The van der Waals surface area contributed by atoms with Gasteiger partial charge >= 0.3 is 5.97 Å². The Balaban J connectivity index is 1.64. The Labute approximate surface area is 228 Å². The van der Waals surface area contributed by atoms with E-state index in [0.29, 0.717) is 11.1 Å². The molecule has 5 heteroatoms. The third-order valence-electron chi connectivity index (χ3n) is 6.31. The van der Waals surface area contributed by atoms with Crippen LogP contribution in [0.5, 0.6) is 0 Å². The highest BCUT2D eigenvalue weighted by Gasteiger charge is 2.27. The van der Waals surface area contributed by atoms with Gasteiger partial charge in [0.2, 0.25) is 5.78 Å². The van der Waals surface area contributed by atoms with E-state index < -0.39 is 12.9 Å². The molecule has 4 nitrogen and oxygen atoms in total. The molecular formula is C34H26NO3P. The lowest BCUT2D eigenvalue weighted by atomic mass is 10.0. The third-order valence-corrected chi connectivity index (χ3v) is 10.3. The fourth-order valence-electron chi connectivity index (χ4n) is 4.48. The number of hydrogen-bond donors (Lipinski definition) is 0. The van der Waals surface area contributed by atoms with Crippen molar-refractivity contribution < 1.29 is 14.4 Å². The zero-order valence-corrected chi connectivity index (χ0v) is 22.0. The van der Waals surface area contributed by atoms with Gasteiger partial charge in [-0.3, -0.25) is 4.79 Å². The first kappa shape index (κ1) is 25.8. The molecule has 0 N–H and O–H groups in total. The van der Waals surface area contributed by atoms with E-state index in [-0.39, 0.29) is 11.5 Å². The molecule has 39 heavy (non-hydrogen) atoms. The molecule has 0 spiro atoms. The van der Waals surface area contributed by atoms with Crippen molar-refractivity contribution in [2.24, 2.45) is 5.16 Å². The Morgan fingerprint density at radius 2 is 0.872 bits per heavy atom. The van der Waals surface area contributed by atoms with Crippen molar-refractivity contribution in [3.05, 3.63) is 163 Å². The number of rotatable bonds is 8. The first-order valence-electron chi connectivity index (χ1n) is 12.5. The summed E-state index contributed by atoms with van der Waals surface area (Å²) in [5, 5.41) is 7.16. The lowest BCUT2D eigenvalue weighted by molar-refractivity contribution is -0.134. The molecule has 0 aliphatic carbocycles. The highest BCUT2D eigenvalue weighted by Crippen LogP contribution is 2.43. The minimum absolute atomic E-state index is 0.0617. The summed E-state index contributed by atoms with van der Waals surface area (Å²) >= 11 is 0. The van der Waals surface area contributed by atoms with Gasteiger partial charge in [-0.25, -0.2) is 4.79 Å². The van der Waals surface area contributed by atoms with E-state index in [0.717, 1.165) is 15.9 Å². The Bertz CT molecular complexity index is 1530. The molecule has 5 rings (SSSR count). The average molecular weight is 528 g/mol. The second-order valence-corrected chi connectivity index (χ2v) is 12.0. The van der Waals surface area contributed by atoms with Gasteiger partial charge < -0.3 is 4.84 Å². The van der Waals surface area contributed by atoms with Crippen LogP contribution in [0, 0.1) is 0 Å². The van der Waals surface area contributed by atoms with Gasteiger partial charge in [-0.1, -0.05) is 157 Å². The van der Waals surface area contributed by atoms with Crippen molar-refractivity contribution in [1.82, 2.24) is 0 Å². The summed E-state index contributed by atoms with van der Waals surface area (Å²) < 4.78 is 0. The van der Waals surface area contributed by atoms with Crippen LogP contribution in [0.4, 0.5) is 0 Å². The van der Waals surface area contributed by atoms with Crippen LogP contribution in [0.3, 0.4) is 0 Å². The van der Waals surface area contributed by atoms with E-state index in [1.54, 1.807) is 42.2 Å². The highest BCUT2D eigenvalue weighted by molar-refractivity contribution is 7.95. The molecule has 0 heterocycles. The summed E-state index contributed by atoms with van der Waals surface area (Å²) in [7, 11) is 0. The molecule has 0 aliphatic rings. The number of benzene rings is 5. The number of carbonyl (C=O) groups excluding carboxylic acids is 2. The largest absolute Gasteiger partial charge is 0.359 e. The zero-order valence-electron chi connectivity index (χ0n) is 21.1. The fourth-order valence-corrected chi connectivity index (χ4v) is 8.11. The van der Waals surface area contributed by atoms with E-state index in [1.807, 2.05) is 115 Å². The minimum atomic E-state index is -2.58. The van der Waals surface area contributed by atoms with Gasteiger partial charge in [-0.2, -0.15) is 0 Å². The molecule has 0 aromatic heterocycles. The van der Waals surface area contributed by atoms with E-state index in [4.69, 9.17) is 4.84 Å². The standard InChI is InChI=1S/C34H26NO3P/c36-32(38-35-33(27-16-6-1-7-17-27)34(37)28-18-8-2-9-19-28)26-39(29-20-10-3-11-21-29,30-22-12-4-13-23-30)31-24-14-5-15-25-31/h1-26H. The number of oxime groups is 1. The summed E-state index contributed by atoms with van der Waals surface area (Å²) in [5.41, 5.74) is 1.08. The lowest BCUT2D eigenvalue weighted by Crippen LogP contribution is -2.29. The molecule has 0 saturated heterocycles. The van der Waals surface area contributed by atoms with E-state index in [9.17, 15) is 9.59 Å². The smallest absolute Gasteiger partial charge is 0.313 e. The first-order valence-corrected chi connectivity index (χ1v) is 14.4. The Hall–Kier alpha value is -4.79. The van der Waals surface area contributed by atoms with Gasteiger partial charge in [0.05, 0.1) is 0 Å². The zero-order chi connectivity index (χ0) is 26.9. The van der Waals surface area contributed by atoms with Crippen LogP contribution < -0.4 is 15.9 Å². The maximum Gasteiger partial charge on any atom is 0.359 e. The first-order chi connectivity index (χ1) is 19.2. The predicted molar refractivity (Wildman–Crippen MR) is 161 cm³/mol. The Kier molecular flexibility index (Phi) is 8.06. The van der Waals surface area contributed by atoms with Gasteiger partial charge in [-0.05, 0) is 22.8 Å². The number of carbonyl (C=O) groups is 2. The monoisotopic (exact) mass is 527 g/mol. The van der Waals surface area contributed by atoms with Gasteiger partial charge in [0, 0.05) is 16.9 Å². The molecule has 0 saturated carbocycles. The van der Waals surface area contributed by atoms with Crippen LogP contribution in [0.1, 0.15) is 15.9 Å². The predicted octanol–water partition coefficient (Wildman–Crippen LogP) is 5.61. The highest BCUT2D eigenvalue weighted by atomic mass is 31.2. The molecule has 0 unspecified atom stereocenters. The lowest BCUT2D eigenvalue weighted by Gasteiger charge is -2.27. The van der Waals surface area contributed by atoms with Gasteiger partial charge in [0.1, 0.15) is 0 Å². The van der Waals surface area contributed by atoms with Crippen molar-refractivity contribution in [3.63, 3.8) is 0 Å². The number of nitrogens with zero attached hydrogens (tertiary/aromatic N) is 1. The van der Waals surface area contributed by atoms with E-state index in [2.05, 4.69) is 5.16 Å². The normalized spacial score (nSPS) is 11.4. The van der Waals surface area contributed by atoms with Crippen LogP contribution in [0.2, 0.25) is 0 Å². The minimum Gasteiger partial charge on any atom is -0.313 e. The van der Waals surface area contributed by atoms with Gasteiger partial charge in [0.25, 0.3) is 0 Å². The maximum atomic E-state index is 13.6. The van der Waals surface area contributed by atoms with E-state index in [1.165, 1.54) is 0 Å². The summed E-state index contributed by atoms with van der Waals surface area (Å²) in [5.74, 6) is 0.686. The van der Waals surface area contributed by atoms with Crippen LogP contribution in [0.25, 0.3) is 0 Å². The summed E-state index contributed by atoms with van der Waals surface area (Å²) in [6.45, 7) is -2.58. The third kappa shape index (κ3) is 5.72. The molecule has 0 atom stereocenters. The Morgan fingerprint density at radius 1 is 0.513 bits per heavy atom. The molecular weight excluding hydrogens is 501 g/mol. The maximum absolute atomic E-state index is 13.6. The molecule has 5 aromatic rings. The molecule has 0 amide bonds. The SMILES string of the molecule is O=C(C=P(c1ccccc1)(c1ccccc1)c1ccccc1)ON=C(C(=O)c1ccccc1)c1ccccc1. The van der Waals surface area contributed by atoms with Crippen molar-refractivity contribution in [2.75, 3.05) is 0 Å². The van der Waals surface area contributed by atoms with Gasteiger partial charge in [-0.15, -0.1) is 0 Å². The van der Waals surface area contributed by atoms with Crippen LogP contribution in [-0.4, -0.2) is 23.3 Å². The summed E-state index contributed by atoms with van der Waals surface area (Å²) in [6.07, 6.45) is 0. The molecule has 190 valence electrons.